The Morgan fingerprint density at radius 2 is 2.19 bits per heavy atom. The summed E-state index contributed by atoms with van der Waals surface area (Å²) in [6, 6.07) is 1.68. The Kier molecular flexibility index (Phi) is 3.22. The first-order valence-corrected chi connectivity index (χ1v) is 6.93. The first-order chi connectivity index (χ1) is 9.88. The molecule has 114 valence electrons. The number of carbonyl (C=O) groups is 1. The van der Waals surface area contributed by atoms with Gasteiger partial charge in [-0.15, -0.1) is 0 Å². The fourth-order valence-corrected chi connectivity index (χ4v) is 3.41. The lowest BCUT2D eigenvalue weighted by Crippen LogP contribution is -2.58. The highest BCUT2D eigenvalue weighted by atomic mass is 19.3. The minimum Gasteiger partial charge on any atom is -0.465 e. The highest BCUT2D eigenvalue weighted by molar-refractivity contribution is 5.67. The molecule has 0 saturated carbocycles. The number of anilines is 1. The van der Waals surface area contributed by atoms with Gasteiger partial charge in [0, 0.05) is 19.1 Å². The van der Waals surface area contributed by atoms with Gasteiger partial charge in [0.15, 0.2) is 0 Å². The summed E-state index contributed by atoms with van der Waals surface area (Å²) in [4.78, 5) is 18.7. The molecule has 0 aliphatic carbocycles. The van der Waals surface area contributed by atoms with Crippen LogP contribution >= 0.6 is 0 Å². The SMILES string of the molecule is Cc1cc2c(nc1C(F)F)N1[C@H](C2)CN(C(=O)O)C[C@H]1C. The summed E-state index contributed by atoms with van der Waals surface area (Å²) in [5, 5.41) is 9.15. The van der Waals surface area contributed by atoms with Crippen molar-refractivity contribution in [2.24, 2.45) is 0 Å². The minimum atomic E-state index is -2.59. The van der Waals surface area contributed by atoms with Gasteiger partial charge in [0.05, 0.1) is 6.04 Å². The van der Waals surface area contributed by atoms with E-state index in [-0.39, 0.29) is 17.8 Å². The van der Waals surface area contributed by atoms with Crippen molar-refractivity contribution in [3.8, 4) is 0 Å². The first-order valence-electron chi connectivity index (χ1n) is 6.93. The number of aryl methyl sites for hydroxylation is 1. The van der Waals surface area contributed by atoms with Gasteiger partial charge in [0.1, 0.15) is 11.5 Å². The average molecular weight is 297 g/mol. The quantitative estimate of drug-likeness (QED) is 0.865. The Labute approximate surface area is 121 Å². The number of amides is 1. The average Bonchev–Trinajstić information content (AvgIpc) is 2.74. The highest BCUT2D eigenvalue weighted by Gasteiger charge is 2.41. The molecule has 2 atom stereocenters. The third kappa shape index (κ3) is 2.20. The van der Waals surface area contributed by atoms with Crippen LogP contribution in [0.3, 0.4) is 0 Å². The van der Waals surface area contributed by atoms with E-state index in [1.165, 1.54) is 4.90 Å². The standard InChI is InChI=1S/C14H17F2N3O2/c1-7-3-9-4-10-6-18(14(20)21)5-8(2)19(10)13(9)17-11(7)12(15)16/h3,8,10,12H,4-6H2,1-2H3,(H,20,21)/t8-,10-/m1/s1. The number of aromatic nitrogens is 1. The van der Waals surface area contributed by atoms with Crippen molar-refractivity contribution < 1.29 is 18.7 Å². The van der Waals surface area contributed by atoms with Crippen molar-refractivity contribution in [3.05, 3.63) is 22.9 Å². The predicted molar refractivity (Wildman–Crippen MR) is 73.0 cm³/mol. The fourth-order valence-electron chi connectivity index (χ4n) is 3.41. The van der Waals surface area contributed by atoms with Crippen LogP contribution in [0.2, 0.25) is 0 Å². The van der Waals surface area contributed by atoms with E-state index in [4.69, 9.17) is 5.11 Å². The van der Waals surface area contributed by atoms with E-state index in [1.807, 2.05) is 11.8 Å². The zero-order chi connectivity index (χ0) is 15.3. The number of hydrogen-bond donors (Lipinski definition) is 1. The van der Waals surface area contributed by atoms with Crippen LogP contribution in [0.4, 0.5) is 19.4 Å². The molecule has 0 bridgehead atoms. The Morgan fingerprint density at radius 3 is 2.81 bits per heavy atom. The van der Waals surface area contributed by atoms with Crippen LogP contribution in [0.25, 0.3) is 0 Å². The molecule has 0 spiro atoms. The van der Waals surface area contributed by atoms with Crippen LogP contribution in [-0.4, -0.2) is 46.3 Å². The molecule has 2 aliphatic rings. The number of alkyl halides is 2. The zero-order valence-electron chi connectivity index (χ0n) is 11.9. The molecule has 3 heterocycles. The summed E-state index contributed by atoms with van der Waals surface area (Å²) in [7, 11) is 0. The summed E-state index contributed by atoms with van der Waals surface area (Å²) >= 11 is 0. The number of carboxylic acid groups (broad SMARTS) is 1. The van der Waals surface area contributed by atoms with Crippen LogP contribution < -0.4 is 4.90 Å². The Balaban J connectivity index is 1.97. The molecule has 0 unspecified atom stereocenters. The summed E-state index contributed by atoms with van der Waals surface area (Å²) < 4.78 is 26.0. The van der Waals surface area contributed by atoms with E-state index in [9.17, 15) is 13.6 Å². The summed E-state index contributed by atoms with van der Waals surface area (Å²) in [5.41, 5.74) is 1.24. The van der Waals surface area contributed by atoms with Crippen molar-refractivity contribution in [3.63, 3.8) is 0 Å². The number of hydrogen-bond acceptors (Lipinski definition) is 3. The monoisotopic (exact) mass is 297 g/mol. The number of nitrogens with zero attached hydrogens (tertiary/aromatic N) is 3. The van der Waals surface area contributed by atoms with E-state index in [0.717, 1.165) is 5.56 Å². The van der Waals surface area contributed by atoms with Gasteiger partial charge in [-0.05, 0) is 31.4 Å². The second-order valence-electron chi connectivity index (χ2n) is 5.78. The van der Waals surface area contributed by atoms with Gasteiger partial charge < -0.3 is 14.9 Å². The number of piperazine rings is 1. The second kappa shape index (κ2) is 4.82. The predicted octanol–water partition coefficient (Wildman–Crippen LogP) is 2.44. The Bertz CT molecular complexity index is 594. The third-order valence-electron chi connectivity index (χ3n) is 4.27. The van der Waals surface area contributed by atoms with Gasteiger partial charge in [-0.1, -0.05) is 6.07 Å². The van der Waals surface area contributed by atoms with Gasteiger partial charge >= 0.3 is 6.09 Å². The molecule has 2 aliphatic heterocycles. The lowest BCUT2D eigenvalue weighted by atomic mass is 10.1. The second-order valence-corrected chi connectivity index (χ2v) is 5.78. The molecule has 0 aromatic carbocycles. The van der Waals surface area contributed by atoms with Crippen LogP contribution in [0.5, 0.6) is 0 Å². The molecule has 1 fully saturated rings. The molecule has 3 rings (SSSR count). The number of rotatable bonds is 1. The molecule has 1 aromatic rings. The topological polar surface area (TPSA) is 56.7 Å². The van der Waals surface area contributed by atoms with Crippen molar-refractivity contribution >= 4 is 11.9 Å². The van der Waals surface area contributed by atoms with Gasteiger partial charge in [-0.25, -0.2) is 18.6 Å². The molecular weight excluding hydrogens is 280 g/mol. The lowest BCUT2D eigenvalue weighted by molar-refractivity contribution is 0.128. The van der Waals surface area contributed by atoms with Crippen molar-refractivity contribution in [2.75, 3.05) is 18.0 Å². The molecule has 1 amide bonds. The molecule has 1 aromatic heterocycles. The third-order valence-corrected chi connectivity index (χ3v) is 4.27. The molecule has 0 radical (unpaired) electrons. The normalized spacial score (nSPS) is 24.2. The van der Waals surface area contributed by atoms with Crippen molar-refractivity contribution in [1.82, 2.24) is 9.88 Å². The molecule has 5 nitrogen and oxygen atoms in total. The van der Waals surface area contributed by atoms with Crippen molar-refractivity contribution in [2.45, 2.75) is 38.8 Å². The number of pyridine rings is 1. The summed E-state index contributed by atoms with van der Waals surface area (Å²) in [5.74, 6) is 0.596. The highest BCUT2D eigenvalue weighted by Crippen LogP contribution is 2.37. The largest absolute Gasteiger partial charge is 0.465 e. The summed E-state index contributed by atoms with van der Waals surface area (Å²) in [6.45, 7) is 4.30. The molecule has 1 saturated heterocycles. The van der Waals surface area contributed by atoms with Crippen LogP contribution in [-0.2, 0) is 6.42 Å². The van der Waals surface area contributed by atoms with Gasteiger partial charge in [0.25, 0.3) is 6.43 Å². The fraction of sp³-hybridized carbons (Fsp3) is 0.571. The smallest absolute Gasteiger partial charge is 0.407 e. The maximum Gasteiger partial charge on any atom is 0.407 e. The number of fused-ring (bicyclic) bond motifs is 3. The van der Waals surface area contributed by atoms with E-state index in [2.05, 4.69) is 4.98 Å². The molecular formula is C14H17F2N3O2. The van der Waals surface area contributed by atoms with Crippen LogP contribution in [0.1, 0.15) is 30.2 Å². The van der Waals surface area contributed by atoms with Crippen LogP contribution in [0, 0.1) is 6.92 Å². The zero-order valence-corrected chi connectivity index (χ0v) is 11.9. The minimum absolute atomic E-state index is 0.0142. The summed E-state index contributed by atoms with van der Waals surface area (Å²) in [6.07, 6.45) is -2.87. The van der Waals surface area contributed by atoms with Gasteiger partial charge in [0.2, 0.25) is 0 Å². The molecule has 7 heteroatoms. The Morgan fingerprint density at radius 1 is 1.48 bits per heavy atom. The van der Waals surface area contributed by atoms with Gasteiger partial charge in [-0.3, -0.25) is 0 Å². The van der Waals surface area contributed by atoms with E-state index in [1.54, 1.807) is 13.0 Å². The maximum atomic E-state index is 13.0. The first kappa shape index (κ1) is 14.0. The molecule has 21 heavy (non-hydrogen) atoms. The van der Waals surface area contributed by atoms with E-state index < -0.39 is 12.5 Å². The number of halogens is 2. The van der Waals surface area contributed by atoms with Crippen LogP contribution in [0.15, 0.2) is 6.07 Å². The van der Waals surface area contributed by atoms with Crippen molar-refractivity contribution in [1.29, 1.82) is 0 Å². The van der Waals surface area contributed by atoms with E-state index in [0.29, 0.717) is 30.9 Å². The molecule has 1 N–H and O–H groups in total. The van der Waals surface area contributed by atoms with E-state index >= 15 is 0 Å². The Hall–Kier alpha value is -1.92. The maximum absolute atomic E-state index is 13.0. The lowest BCUT2D eigenvalue weighted by Gasteiger charge is -2.42. The van der Waals surface area contributed by atoms with Gasteiger partial charge in [-0.2, -0.15) is 0 Å².